The Bertz CT molecular complexity index is 828. The van der Waals surface area contributed by atoms with Crippen molar-refractivity contribution in [2.24, 2.45) is 0 Å². The van der Waals surface area contributed by atoms with Gasteiger partial charge in [0.25, 0.3) is 5.91 Å². The van der Waals surface area contributed by atoms with Gasteiger partial charge in [-0.25, -0.2) is 4.79 Å². The maximum atomic E-state index is 13.0. The number of rotatable bonds is 4. The summed E-state index contributed by atoms with van der Waals surface area (Å²) in [6, 6.07) is 5.45. The molecule has 0 spiro atoms. The summed E-state index contributed by atoms with van der Waals surface area (Å²) in [5, 5.41) is 5.64. The molecule has 1 aromatic carbocycles. The topological polar surface area (TPSA) is 87.7 Å². The second kappa shape index (κ2) is 8.27. The van der Waals surface area contributed by atoms with Gasteiger partial charge in [0, 0.05) is 29.9 Å². The van der Waals surface area contributed by atoms with Crippen LogP contribution < -0.4 is 10.6 Å². The minimum Gasteiger partial charge on any atom is -0.444 e. The first-order chi connectivity index (χ1) is 13.7. The molecule has 3 amide bonds. The summed E-state index contributed by atoms with van der Waals surface area (Å²) < 4.78 is 5.35. The average molecular weight is 399 g/mol. The molecule has 7 heteroatoms. The van der Waals surface area contributed by atoms with Crippen LogP contribution >= 0.6 is 0 Å². The number of anilines is 1. The molecule has 2 atom stereocenters. The van der Waals surface area contributed by atoms with Crippen molar-refractivity contribution in [3.63, 3.8) is 0 Å². The summed E-state index contributed by atoms with van der Waals surface area (Å²) in [6.45, 7) is 9.49. The highest BCUT2D eigenvalue weighted by Gasteiger charge is 2.36. The molecule has 1 fully saturated rings. The number of nitrogens with one attached hydrogen (secondary N) is 2. The van der Waals surface area contributed by atoms with Crippen LogP contribution in [0.2, 0.25) is 0 Å². The smallest absolute Gasteiger partial charge is 0.407 e. The number of carbonyl (C=O) groups excluding carboxylic acids is 3. The van der Waals surface area contributed by atoms with Gasteiger partial charge in [0.15, 0.2) is 0 Å². The molecule has 1 aromatic rings. The fourth-order valence-corrected chi connectivity index (χ4v) is 3.94. The Morgan fingerprint density at radius 3 is 2.72 bits per heavy atom. The number of amides is 3. The van der Waals surface area contributed by atoms with E-state index in [0.717, 1.165) is 24.8 Å². The van der Waals surface area contributed by atoms with E-state index in [0.29, 0.717) is 24.2 Å². The average Bonchev–Trinajstić information content (AvgIpc) is 2.96. The molecule has 0 radical (unpaired) electrons. The van der Waals surface area contributed by atoms with Gasteiger partial charge in [-0.2, -0.15) is 0 Å². The Morgan fingerprint density at radius 1 is 1.28 bits per heavy atom. The minimum atomic E-state index is -0.538. The summed E-state index contributed by atoms with van der Waals surface area (Å²) in [5.74, 6) is -0.340. The van der Waals surface area contributed by atoms with E-state index in [-0.39, 0.29) is 23.9 Å². The van der Waals surface area contributed by atoms with Crippen LogP contribution in [0.4, 0.5) is 10.5 Å². The van der Waals surface area contributed by atoms with Gasteiger partial charge in [-0.1, -0.05) is 12.6 Å². The van der Waals surface area contributed by atoms with Crippen LogP contribution in [0, 0.1) is 0 Å². The third-order valence-electron chi connectivity index (χ3n) is 5.20. The zero-order valence-electron chi connectivity index (χ0n) is 17.3. The molecule has 2 aliphatic rings. The lowest BCUT2D eigenvalue weighted by atomic mass is 9.90. The predicted molar refractivity (Wildman–Crippen MR) is 111 cm³/mol. The molecule has 1 aliphatic carbocycles. The summed E-state index contributed by atoms with van der Waals surface area (Å²) in [4.78, 5) is 38.5. The van der Waals surface area contributed by atoms with Crippen LogP contribution in [0.15, 0.2) is 30.9 Å². The molecule has 0 saturated heterocycles. The molecule has 2 N–H and O–H groups in total. The van der Waals surface area contributed by atoms with E-state index in [1.54, 1.807) is 12.1 Å². The normalized spacial score (nSPS) is 21.3. The van der Waals surface area contributed by atoms with Gasteiger partial charge >= 0.3 is 6.09 Å². The van der Waals surface area contributed by atoms with Gasteiger partial charge in [-0.15, -0.1) is 0 Å². The highest BCUT2D eigenvalue weighted by molar-refractivity contribution is 6.02. The SMILES string of the molecule is C=CC(=O)Nc1ccc2c(c1)C(=O)N([C@H]1CCC[C@@H](NC(=O)OC(C)(C)C)C1)C2. The number of hydrogen-bond donors (Lipinski definition) is 2. The van der Waals surface area contributed by atoms with E-state index in [9.17, 15) is 14.4 Å². The van der Waals surface area contributed by atoms with E-state index in [1.165, 1.54) is 6.08 Å². The number of benzene rings is 1. The molecule has 1 aliphatic heterocycles. The third kappa shape index (κ3) is 5.16. The zero-order valence-corrected chi connectivity index (χ0v) is 17.3. The van der Waals surface area contributed by atoms with E-state index < -0.39 is 11.7 Å². The first-order valence-corrected chi connectivity index (χ1v) is 10.0. The summed E-state index contributed by atoms with van der Waals surface area (Å²) in [7, 11) is 0. The van der Waals surface area contributed by atoms with Crippen molar-refractivity contribution < 1.29 is 19.1 Å². The van der Waals surface area contributed by atoms with E-state index in [4.69, 9.17) is 4.74 Å². The standard InChI is InChI=1S/C22H29N3O4/c1-5-19(26)23-16-10-9-14-13-25(20(27)18(14)12-16)17-8-6-7-15(11-17)24-21(28)29-22(2,3)4/h5,9-10,12,15,17H,1,6-8,11,13H2,2-4H3,(H,23,26)(H,24,28)/t15-,17+/m1/s1. The van der Waals surface area contributed by atoms with E-state index >= 15 is 0 Å². The van der Waals surface area contributed by atoms with E-state index in [1.807, 2.05) is 31.7 Å². The monoisotopic (exact) mass is 399 g/mol. The van der Waals surface area contributed by atoms with Gasteiger partial charge in [-0.3, -0.25) is 9.59 Å². The molecule has 29 heavy (non-hydrogen) atoms. The van der Waals surface area contributed by atoms with Crippen molar-refractivity contribution in [1.29, 1.82) is 0 Å². The maximum absolute atomic E-state index is 13.0. The molecule has 3 rings (SSSR count). The van der Waals surface area contributed by atoms with Crippen LogP contribution in [0.1, 0.15) is 62.4 Å². The quantitative estimate of drug-likeness (QED) is 0.757. The number of fused-ring (bicyclic) bond motifs is 1. The number of ether oxygens (including phenoxy) is 1. The largest absolute Gasteiger partial charge is 0.444 e. The van der Waals surface area contributed by atoms with Gasteiger partial charge < -0.3 is 20.3 Å². The van der Waals surface area contributed by atoms with E-state index in [2.05, 4.69) is 17.2 Å². The summed E-state index contributed by atoms with van der Waals surface area (Å²) in [6.07, 6.45) is 4.21. The molecule has 0 bridgehead atoms. The van der Waals surface area contributed by atoms with Gasteiger partial charge in [0.2, 0.25) is 5.91 Å². The van der Waals surface area contributed by atoms with Crippen LogP contribution in [-0.2, 0) is 16.1 Å². The number of carbonyl (C=O) groups is 3. The second-order valence-corrected chi connectivity index (χ2v) is 8.66. The predicted octanol–water partition coefficient (Wildman–Crippen LogP) is 3.60. The zero-order chi connectivity index (χ0) is 21.2. The second-order valence-electron chi connectivity index (χ2n) is 8.66. The minimum absolute atomic E-state index is 0.0115. The molecular formula is C22H29N3O4. The van der Waals surface area contributed by atoms with Crippen LogP contribution in [0.25, 0.3) is 0 Å². The highest BCUT2D eigenvalue weighted by atomic mass is 16.6. The molecule has 0 unspecified atom stereocenters. The Kier molecular flexibility index (Phi) is 5.96. The summed E-state index contributed by atoms with van der Waals surface area (Å²) >= 11 is 0. The first kappa shape index (κ1) is 20.9. The maximum Gasteiger partial charge on any atom is 0.407 e. The fourth-order valence-electron chi connectivity index (χ4n) is 3.94. The lowest BCUT2D eigenvalue weighted by Crippen LogP contribution is -2.47. The van der Waals surface area contributed by atoms with Crippen molar-refractivity contribution in [1.82, 2.24) is 10.2 Å². The van der Waals surface area contributed by atoms with Gasteiger partial charge in [0.05, 0.1) is 0 Å². The Morgan fingerprint density at radius 2 is 2.03 bits per heavy atom. The van der Waals surface area contributed by atoms with Crippen LogP contribution in [0.3, 0.4) is 0 Å². The highest BCUT2D eigenvalue weighted by Crippen LogP contribution is 2.32. The molecule has 1 saturated carbocycles. The Labute approximate surface area is 171 Å². The van der Waals surface area contributed by atoms with Gasteiger partial charge in [-0.05, 0) is 70.2 Å². The molecule has 1 heterocycles. The van der Waals surface area contributed by atoms with Crippen LogP contribution in [0.5, 0.6) is 0 Å². The molecular weight excluding hydrogens is 370 g/mol. The molecule has 7 nitrogen and oxygen atoms in total. The number of hydrogen-bond acceptors (Lipinski definition) is 4. The van der Waals surface area contributed by atoms with Crippen molar-refractivity contribution in [3.05, 3.63) is 42.0 Å². The Balaban J connectivity index is 1.64. The van der Waals surface area contributed by atoms with Crippen molar-refractivity contribution >= 4 is 23.6 Å². The van der Waals surface area contributed by atoms with Crippen molar-refractivity contribution in [3.8, 4) is 0 Å². The fraction of sp³-hybridized carbons (Fsp3) is 0.500. The number of nitrogens with zero attached hydrogens (tertiary/aromatic N) is 1. The van der Waals surface area contributed by atoms with Gasteiger partial charge in [0.1, 0.15) is 5.60 Å². The van der Waals surface area contributed by atoms with Crippen molar-refractivity contribution in [2.45, 2.75) is 70.7 Å². The lowest BCUT2D eigenvalue weighted by molar-refractivity contribution is -0.111. The third-order valence-corrected chi connectivity index (χ3v) is 5.20. The Hall–Kier alpha value is -2.83. The lowest BCUT2D eigenvalue weighted by Gasteiger charge is -2.35. The van der Waals surface area contributed by atoms with Crippen LogP contribution in [-0.4, -0.2) is 40.5 Å². The molecule has 156 valence electrons. The summed E-state index contributed by atoms with van der Waals surface area (Å²) in [5.41, 5.74) is 1.61. The van der Waals surface area contributed by atoms with Crippen molar-refractivity contribution in [2.75, 3.05) is 5.32 Å². The first-order valence-electron chi connectivity index (χ1n) is 10.0. The number of alkyl carbamates (subject to hydrolysis) is 1. The molecule has 0 aromatic heterocycles.